The molecule has 1 aromatic carbocycles. The Kier molecular flexibility index (Phi) is 6.62. The minimum atomic E-state index is -0.535. The SMILES string of the molecule is CC(C)(C)OC(=O)N1CCC(c2ccc3c(c2)N(C(=O)OC(C)(C)C)CC32CCNCC2)CC1. The van der Waals surface area contributed by atoms with Crippen molar-refractivity contribution in [2.24, 2.45) is 0 Å². The van der Waals surface area contributed by atoms with Crippen LogP contribution in [-0.2, 0) is 14.9 Å². The molecule has 0 aliphatic carbocycles. The van der Waals surface area contributed by atoms with Crippen LogP contribution in [0.15, 0.2) is 18.2 Å². The molecule has 0 unspecified atom stereocenters. The summed E-state index contributed by atoms with van der Waals surface area (Å²) in [5.41, 5.74) is 2.49. The number of piperidine rings is 2. The van der Waals surface area contributed by atoms with Crippen molar-refractivity contribution in [1.82, 2.24) is 10.2 Å². The maximum Gasteiger partial charge on any atom is 0.414 e. The Morgan fingerprint density at radius 1 is 0.941 bits per heavy atom. The zero-order chi connectivity index (χ0) is 24.7. The summed E-state index contributed by atoms with van der Waals surface area (Å²) < 4.78 is 11.3. The molecule has 188 valence electrons. The summed E-state index contributed by atoms with van der Waals surface area (Å²) in [4.78, 5) is 29.3. The van der Waals surface area contributed by atoms with Gasteiger partial charge >= 0.3 is 12.2 Å². The number of benzene rings is 1. The molecular formula is C27H41N3O4. The van der Waals surface area contributed by atoms with Gasteiger partial charge in [0.15, 0.2) is 0 Å². The summed E-state index contributed by atoms with van der Waals surface area (Å²) in [5.74, 6) is 0.356. The lowest BCUT2D eigenvalue weighted by Gasteiger charge is -2.35. The van der Waals surface area contributed by atoms with Crippen molar-refractivity contribution in [3.05, 3.63) is 29.3 Å². The Labute approximate surface area is 204 Å². The molecule has 0 radical (unpaired) electrons. The molecule has 1 spiro atoms. The Morgan fingerprint density at radius 2 is 1.53 bits per heavy atom. The highest BCUT2D eigenvalue weighted by atomic mass is 16.6. The van der Waals surface area contributed by atoms with Gasteiger partial charge in [-0.1, -0.05) is 12.1 Å². The van der Waals surface area contributed by atoms with Crippen LogP contribution in [0, 0.1) is 0 Å². The van der Waals surface area contributed by atoms with E-state index >= 15 is 0 Å². The van der Waals surface area contributed by atoms with Gasteiger partial charge in [0.05, 0.1) is 5.69 Å². The zero-order valence-corrected chi connectivity index (χ0v) is 21.7. The van der Waals surface area contributed by atoms with E-state index in [1.165, 1.54) is 11.1 Å². The molecule has 4 rings (SSSR count). The highest BCUT2D eigenvalue weighted by molar-refractivity contribution is 5.92. The van der Waals surface area contributed by atoms with Gasteiger partial charge in [0.1, 0.15) is 11.2 Å². The summed E-state index contributed by atoms with van der Waals surface area (Å²) in [6.07, 6.45) is 3.32. The van der Waals surface area contributed by atoms with Gasteiger partial charge < -0.3 is 19.7 Å². The van der Waals surface area contributed by atoms with Crippen LogP contribution in [0.5, 0.6) is 0 Å². The second-order valence-corrected chi connectivity index (χ2v) is 12.1. The molecule has 3 aliphatic rings. The number of anilines is 1. The van der Waals surface area contributed by atoms with Gasteiger partial charge in [-0.3, -0.25) is 4.90 Å². The van der Waals surface area contributed by atoms with Crippen molar-refractivity contribution in [3.8, 4) is 0 Å². The van der Waals surface area contributed by atoms with Crippen LogP contribution in [-0.4, -0.2) is 61.0 Å². The quantitative estimate of drug-likeness (QED) is 0.611. The topological polar surface area (TPSA) is 71.1 Å². The molecule has 2 fully saturated rings. The van der Waals surface area contributed by atoms with Crippen LogP contribution < -0.4 is 10.2 Å². The third-order valence-corrected chi connectivity index (χ3v) is 7.14. The van der Waals surface area contributed by atoms with E-state index in [2.05, 4.69) is 23.5 Å². The van der Waals surface area contributed by atoms with Gasteiger partial charge in [-0.2, -0.15) is 0 Å². The molecule has 0 saturated carbocycles. The Morgan fingerprint density at radius 3 is 2.12 bits per heavy atom. The molecule has 3 aliphatic heterocycles. The third-order valence-electron chi connectivity index (χ3n) is 7.14. The lowest BCUT2D eigenvalue weighted by atomic mass is 9.74. The molecule has 0 aromatic heterocycles. The van der Waals surface area contributed by atoms with Crippen LogP contribution in [0.4, 0.5) is 15.3 Å². The number of amides is 2. The first-order valence-electron chi connectivity index (χ1n) is 12.7. The molecule has 3 heterocycles. The minimum absolute atomic E-state index is 0.00387. The lowest BCUT2D eigenvalue weighted by Crippen LogP contribution is -2.45. The number of hydrogen-bond acceptors (Lipinski definition) is 5. The fourth-order valence-corrected chi connectivity index (χ4v) is 5.48. The van der Waals surface area contributed by atoms with Crippen molar-refractivity contribution in [3.63, 3.8) is 0 Å². The maximum absolute atomic E-state index is 13.2. The number of rotatable bonds is 1. The van der Waals surface area contributed by atoms with Crippen molar-refractivity contribution >= 4 is 17.9 Å². The number of nitrogens with one attached hydrogen (secondary N) is 1. The molecule has 1 N–H and O–H groups in total. The maximum atomic E-state index is 13.2. The molecule has 1 aromatic rings. The smallest absolute Gasteiger partial charge is 0.414 e. The van der Waals surface area contributed by atoms with E-state index in [0.717, 1.165) is 44.5 Å². The molecule has 7 heteroatoms. The van der Waals surface area contributed by atoms with Crippen LogP contribution in [0.25, 0.3) is 0 Å². The van der Waals surface area contributed by atoms with E-state index in [-0.39, 0.29) is 17.6 Å². The summed E-state index contributed by atoms with van der Waals surface area (Å²) in [6, 6.07) is 6.71. The summed E-state index contributed by atoms with van der Waals surface area (Å²) in [6.45, 7) is 15.4. The van der Waals surface area contributed by atoms with Crippen molar-refractivity contribution in [2.45, 2.75) is 89.8 Å². The van der Waals surface area contributed by atoms with E-state index in [1.54, 1.807) is 0 Å². The lowest BCUT2D eigenvalue weighted by molar-refractivity contribution is 0.0204. The summed E-state index contributed by atoms with van der Waals surface area (Å²) in [7, 11) is 0. The number of likely N-dealkylation sites (tertiary alicyclic amines) is 1. The number of carbonyl (C=O) groups is 2. The number of ether oxygens (including phenoxy) is 2. The Bertz CT molecular complexity index is 917. The monoisotopic (exact) mass is 471 g/mol. The number of nitrogens with zero attached hydrogens (tertiary/aromatic N) is 2. The van der Waals surface area contributed by atoms with Gasteiger partial charge in [0, 0.05) is 25.0 Å². The predicted molar refractivity (Wildman–Crippen MR) is 134 cm³/mol. The highest BCUT2D eigenvalue weighted by Crippen LogP contribution is 2.48. The average Bonchev–Trinajstić information content (AvgIpc) is 3.05. The van der Waals surface area contributed by atoms with Gasteiger partial charge in [-0.25, -0.2) is 9.59 Å². The van der Waals surface area contributed by atoms with E-state index in [1.807, 2.05) is 51.3 Å². The number of carbonyl (C=O) groups excluding carboxylic acids is 2. The fourth-order valence-electron chi connectivity index (χ4n) is 5.48. The fraction of sp³-hybridized carbons (Fsp3) is 0.704. The largest absolute Gasteiger partial charge is 0.444 e. The van der Waals surface area contributed by atoms with E-state index in [4.69, 9.17) is 9.47 Å². The van der Waals surface area contributed by atoms with Crippen LogP contribution in [0.2, 0.25) is 0 Å². The standard InChI is InChI=1S/C27H41N3O4/c1-25(2,3)33-23(31)29-15-9-19(10-16-29)20-7-8-21-22(17-20)30(24(32)34-26(4,5)6)18-27(21)11-13-28-14-12-27/h7-8,17,19,28H,9-16,18H2,1-6H3. The van der Waals surface area contributed by atoms with E-state index in [9.17, 15) is 9.59 Å². The van der Waals surface area contributed by atoms with Crippen LogP contribution >= 0.6 is 0 Å². The minimum Gasteiger partial charge on any atom is -0.444 e. The van der Waals surface area contributed by atoms with Crippen molar-refractivity contribution < 1.29 is 19.1 Å². The molecular weight excluding hydrogens is 430 g/mol. The molecule has 34 heavy (non-hydrogen) atoms. The normalized spacial score (nSPS) is 20.9. The van der Waals surface area contributed by atoms with Crippen LogP contribution in [0.1, 0.15) is 84.3 Å². The second-order valence-electron chi connectivity index (χ2n) is 12.1. The highest BCUT2D eigenvalue weighted by Gasteiger charge is 2.46. The summed E-state index contributed by atoms with van der Waals surface area (Å²) >= 11 is 0. The molecule has 2 amide bonds. The van der Waals surface area contributed by atoms with Gasteiger partial charge in [0.25, 0.3) is 0 Å². The molecule has 0 atom stereocenters. The van der Waals surface area contributed by atoms with Crippen LogP contribution in [0.3, 0.4) is 0 Å². The molecule has 7 nitrogen and oxygen atoms in total. The van der Waals surface area contributed by atoms with Gasteiger partial charge in [0.2, 0.25) is 0 Å². The third kappa shape index (κ3) is 5.35. The number of fused-ring (bicyclic) bond motifs is 2. The van der Waals surface area contributed by atoms with Gasteiger partial charge in [-0.05, 0) is 103 Å². The van der Waals surface area contributed by atoms with E-state index < -0.39 is 11.2 Å². The Balaban J connectivity index is 1.54. The first-order chi connectivity index (χ1) is 15.9. The zero-order valence-electron chi connectivity index (χ0n) is 21.7. The summed E-state index contributed by atoms with van der Waals surface area (Å²) in [5, 5.41) is 3.46. The first-order valence-corrected chi connectivity index (χ1v) is 12.7. The molecule has 0 bridgehead atoms. The van der Waals surface area contributed by atoms with Crippen molar-refractivity contribution in [1.29, 1.82) is 0 Å². The van der Waals surface area contributed by atoms with Crippen molar-refractivity contribution in [2.75, 3.05) is 37.6 Å². The first kappa shape index (κ1) is 24.8. The number of hydrogen-bond donors (Lipinski definition) is 1. The molecule has 2 saturated heterocycles. The second kappa shape index (κ2) is 9.06. The average molecular weight is 472 g/mol. The predicted octanol–water partition coefficient (Wildman–Crippen LogP) is 5.18. The Hall–Kier alpha value is -2.28. The van der Waals surface area contributed by atoms with Gasteiger partial charge in [-0.15, -0.1) is 0 Å². The van der Waals surface area contributed by atoms with E-state index in [0.29, 0.717) is 25.6 Å².